The van der Waals surface area contributed by atoms with Crippen LogP contribution in [-0.4, -0.2) is 31.3 Å². The van der Waals surface area contributed by atoms with E-state index in [1.807, 2.05) is 0 Å². The van der Waals surface area contributed by atoms with Crippen molar-refractivity contribution < 1.29 is 14.3 Å². The maximum Gasteiger partial charge on any atom is 0.311 e. The van der Waals surface area contributed by atoms with Crippen molar-refractivity contribution in [3.63, 3.8) is 0 Å². The largest absolute Gasteiger partial charge is 0.481 e. The number of nitrogens with zero attached hydrogens (tertiary/aromatic N) is 4. The zero-order chi connectivity index (χ0) is 12.8. The van der Waals surface area contributed by atoms with Crippen LogP contribution in [0.5, 0.6) is 0 Å². The molecule has 0 aliphatic heterocycles. The number of hydrogen-bond donors (Lipinski definition) is 1. The number of carbonyl (C=O) groups is 1. The summed E-state index contributed by atoms with van der Waals surface area (Å²) in [7, 11) is 0. The first-order chi connectivity index (χ1) is 8.61. The summed E-state index contributed by atoms with van der Waals surface area (Å²) in [6.07, 6.45) is 1.28. The molecular formula is C10H9ClN4O3. The van der Waals surface area contributed by atoms with Gasteiger partial charge in [0.15, 0.2) is 11.0 Å². The Morgan fingerprint density at radius 3 is 2.89 bits per heavy atom. The molecule has 1 aliphatic carbocycles. The molecule has 8 heteroatoms. The zero-order valence-corrected chi connectivity index (χ0v) is 9.96. The third-order valence-electron chi connectivity index (χ3n) is 3.09. The van der Waals surface area contributed by atoms with Crippen molar-refractivity contribution in [2.45, 2.75) is 19.4 Å². The van der Waals surface area contributed by atoms with E-state index in [2.05, 4.69) is 15.5 Å². The summed E-state index contributed by atoms with van der Waals surface area (Å²) in [5.41, 5.74) is -0.736. The van der Waals surface area contributed by atoms with Gasteiger partial charge in [0.1, 0.15) is 0 Å². The summed E-state index contributed by atoms with van der Waals surface area (Å²) < 4.78 is 6.66. The predicted octanol–water partition coefficient (Wildman–Crippen LogP) is 1.45. The van der Waals surface area contributed by atoms with Crippen molar-refractivity contribution in [2.75, 3.05) is 0 Å². The lowest BCUT2D eigenvalue weighted by Gasteiger charge is -2.09. The van der Waals surface area contributed by atoms with Gasteiger partial charge >= 0.3 is 5.97 Å². The van der Waals surface area contributed by atoms with Crippen molar-refractivity contribution in [1.82, 2.24) is 20.2 Å². The quantitative estimate of drug-likeness (QED) is 0.902. The second kappa shape index (κ2) is 3.81. The zero-order valence-electron chi connectivity index (χ0n) is 9.21. The summed E-state index contributed by atoms with van der Waals surface area (Å²) in [6, 6.07) is 3.23. The van der Waals surface area contributed by atoms with Crippen LogP contribution in [0.25, 0.3) is 11.6 Å². The van der Waals surface area contributed by atoms with Gasteiger partial charge in [-0.2, -0.15) is 0 Å². The smallest absolute Gasteiger partial charge is 0.311 e. The van der Waals surface area contributed by atoms with E-state index >= 15 is 0 Å². The molecule has 7 nitrogen and oxygen atoms in total. The van der Waals surface area contributed by atoms with E-state index in [9.17, 15) is 4.79 Å². The number of aliphatic carboxylic acids is 1. The molecule has 0 unspecified atom stereocenters. The molecule has 0 atom stereocenters. The topological polar surface area (TPSA) is 94.0 Å². The molecule has 2 heterocycles. The fourth-order valence-corrected chi connectivity index (χ4v) is 1.95. The molecule has 2 aromatic heterocycles. The lowest BCUT2D eigenvalue weighted by atomic mass is 10.1. The van der Waals surface area contributed by atoms with E-state index in [-0.39, 0.29) is 11.8 Å². The van der Waals surface area contributed by atoms with Crippen molar-refractivity contribution in [1.29, 1.82) is 0 Å². The lowest BCUT2D eigenvalue weighted by molar-refractivity contribution is -0.144. The van der Waals surface area contributed by atoms with Crippen LogP contribution in [0.3, 0.4) is 0 Å². The number of hydrogen-bond acceptors (Lipinski definition) is 5. The van der Waals surface area contributed by atoms with Gasteiger partial charge < -0.3 is 9.52 Å². The van der Waals surface area contributed by atoms with E-state index in [4.69, 9.17) is 21.1 Å². The summed E-state index contributed by atoms with van der Waals surface area (Å²) >= 11 is 5.69. The Hall–Kier alpha value is -1.89. The molecule has 0 radical (unpaired) electrons. The first kappa shape index (κ1) is 11.2. The van der Waals surface area contributed by atoms with Crippen LogP contribution in [0.1, 0.15) is 12.8 Å². The Morgan fingerprint density at radius 1 is 1.56 bits per heavy atom. The number of furan rings is 1. The molecular weight excluding hydrogens is 260 g/mol. The Morgan fingerprint density at radius 2 is 2.33 bits per heavy atom. The predicted molar refractivity (Wildman–Crippen MR) is 59.8 cm³/mol. The van der Waals surface area contributed by atoms with Gasteiger partial charge in [0.25, 0.3) is 0 Å². The van der Waals surface area contributed by atoms with Crippen LogP contribution in [0.15, 0.2) is 16.5 Å². The highest BCUT2D eigenvalue weighted by Crippen LogP contribution is 2.47. The van der Waals surface area contributed by atoms with Gasteiger partial charge in [-0.3, -0.25) is 4.79 Å². The Kier molecular flexibility index (Phi) is 2.37. The van der Waals surface area contributed by atoms with Crippen molar-refractivity contribution in [2.24, 2.45) is 5.41 Å². The standard InChI is InChI=1S/C10H9ClN4O3/c11-7-2-1-6(18-7)8-12-13-14-15(8)5-10(3-4-10)9(16)17/h1-2H,3-5H2,(H,16,17). The van der Waals surface area contributed by atoms with Crippen LogP contribution in [0.4, 0.5) is 0 Å². The molecule has 1 N–H and O–H groups in total. The molecule has 0 saturated heterocycles. The van der Waals surface area contributed by atoms with Gasteiger partial charge in [-0.1, -0.05) is 0 Å². The fourth-order valence-electron chi connectivity index (χ4n) is 1.80. The lowest BCUT2D eigenvalue weighted by Crippen LogP contribution is -2.22. The monoisotopic (exact) mass is 268 g/mol. The highest BCUT2D eigenvalue weighted by atomic mass is 35.5. The molecule has 18 heavy (non-hydrogen) atoms. The normalized spacial score (nSPS) is 16.7. The van der Waals surface area contributed by atoms with Gasteiger partial charge in [0.2, 0.25) is 5.82 Å². The van der Waals surface area contributed by atoms with E-state index in [0.29, 0.717) is 24.4 Å². The van der Waals surface area contributed by atoms with Crippen molar-refractivity contribution in [3.8, 4) is 11.6 Å². The van der Waals surface area contributed by atoms with Gasteiger partial charge in [-0.15, -0.1) is 5.10 Å². The molecule has 1 aliphatic rings. The first-order valence-electron chi connectivity index (χ1n) is 5.36. The van der Waals surface area contributed by atoms with E-state index in [1.165, 1.54) is 4.68 Å². The summed E-state index contributed by atoms with van der Waals surface area (Å²) in [5.74, 6) is -0.0120. The van der Waals surface area contributed by atoms with Crippen LogP contribution < -0.4 is 0 Å². The highest BCUT2D eigenvalue weighted by Gasteiger charge is 2.51. The SMILES string of the molecule is O=C(O)C1(Cn2nnnc2-c2ccc(Cl)o2)CC1. The number of halogens is 1. The number of rotatable bonds is 4. The molecule has 0 bridgehead atoms. The third-order valence-corrected chi connectivity index (χ3v) is 3.29. The molecule has 94 valence electrons. The minimum absolute atomic E-state index is 0.235. The van der Waals surface area contributed by atoms with Crippen LogP contribution in [0, 0.1) is 5.41 Å². The molecule has 1 saturated carbocycles. The summed E-state index contributed by atoms with van der Waals surface area (Å²) in [6.45, 7) is 0.239. The van der Waals surface area contributed by atoms with Crippen molar-refractivity contribution >= 4 is 17.6 Å². The number of tetrazole rings is 1. The second-order valence-corrected chi connectivity index (χ2v) is 4.72. The van der Waals surface area contributed by atoms with Gasteiger partial charge in [0, 0.05) is 0 Å². The molecule has 0 aromatic carbocycles. The van der Waals surface area contributed by atoms with E-state index in [1.54, 1.807) is 12.1 Å². The molecule has 0 amide bonds. The van der Waals surface area contributed by atoms with Crippen LogP contribution in [0.2, 0.25) is 5.22 Å². The molecule has 3 rings (SSSR count). The van der Waals surface area contributed by atoms with Gasteiger partial charge in [0.05, 0.1) is 12.0 Å². The molecule has 0 spiro atoms. The molecule has 1 fully saturated rings. The number of aromatic nitrogens is 4. The van der Waals surface area contributed by atoms with E-state index in [0.717, 1.165) is 0 Å². The summed E-state index contributed by atoms with van der Waals surface area (Å²) in [4.78, 5) is 11.1. The average molecular weight is 269 g/mol. The van der Waals surface area contributed by atoms with Crippen molar-refractivity contribution in [3.05, 3.63) is 17.4 Å². The molecule has 2 aromatic rings. The first-order valence-corrected chi connectivity index (χ1v) is 5.74. The Balaban J connectivity index is 1.91. The van der Waals surface area contributed by atoms with Gasteiger partial charge in [-0.05, 0) is 47.0 Å². The fraction of sp³-hybridized carbons (Fsp3) is 0.400. The average Bonchev–Trinajstić information content (AvgIpc) is 2.76. The highest BCUT2D eigenvalue weighted by molar-refractivity contribution is 6.28. The summed E-state index contributed by atoms with van der Waals surface area (Å²) in [5, 5.41) is 20.5. The second-order valence-electron chi connectivity index (χ2n) is 4.35. The van der Waals surface area contributed by atoms with Gasteiger partial charge in [-0.25, -0.2) is 4.68 Å². The van der Waals surface area contributed by atoms with Crippen LogP contribution in [-0.2, 0) is 11.3 Å². The maximum atomic E-state index is 11.1. The minimum Gasteiger partial charge on any atom is -0.481 e. The third kappa shape index (κ3) is 1.76. The minimum atomic E-state index is -0.818. The maximum absolute atomic E-state index is 11.1. The Labute approximate surface area is 106 Å². The van der Waals surface area contributed by atoms with E-state index < -0.39 is 11.4 Å². The number of carboxylic acid groups (broad SMARTS) is 1. The Bertz CT molecular complexity index is 602. The van der Waals surface area contributed by atoms with Crippen LogP contribution >= 0.6 is 11.6 Å². The number of carboxylic acids is 1.